The molecule has 6 amide bonds. The first-order chi connectivity index (χ1) is 36.9. The van der Waals surface area contributed by atoms with Crippen molar-refractivity contribution in [2.24, 2.45) is 23.7 Å². The van der Waals surface area contributed by atoms with Crippen molar-refractivity contribution >= 4 is 47.1 Å². The normalized spacial score (nSPS) is 21.4. The van der Waals surface area contributed by atoms with Gasteiger partial charge in [0.15, 0.2) is 11.4 Å². The summed E-state index contributed by atoms with van der Waals surface area (Å²) in [6, 6.07) is 11.1. The Hall–Kier alpha value is -7.49. The molecule has 6 N–H and O–H groups in total. The van der Waals surface area contributed by atoms with E-state index in [1.807, 2.05) is 11.0 Å². The molecule has 1 aromatic carbocycles. The Morgan fingerprint density at radius 1 is 0.779 bits per heavy atom. The van der Waals surface area contributed by atoms with E-state index in [0.717, 1.165) is 54.7 Å². The van der Waals surface area contributed by atoms with Crippen LogP contribution in [0.5, 0.6) is 11.8 Å². The number of amides is 6. The SMILES string of the molecule is COc1nc(N2CCC3CNC(=O)C3C2)nc(OC)c1NC(=O)c1ccc(Cc2cc3c(cc2C)C(C)(C)OC3(C)C)o1.O=C1NC(=O)c2cnccc21.O=C1NCC2CNCCC12.O=C1NCc2cnccc21.[O]=[Pt]=[O]. The number of rotatable bonds is 7. The van der Waals surface area contributed by atoms with Gasteiger partial charge in [0.05, 0.1) is 42.5 Å². The van der Waals surface area contributed by atoms with Gasteiger partial charge in [-0.15, -0.1) is 0 Å². The molecule has 24 heteroatoms. The van der Waals surface area contributed by atoms with Crippen molar-refractivity contribution in [1.82, 2.24) is 46.5 Å². The topological polar surface area (TPSA) is 304 Å². The van der Waals surface area contributed by atoms with Gasteiger partial charge in [-0.05, 0) is 106 Å². The molecule has 7 aliphatic rings. The van der Waals surface area contributed by atoms with Crippen LogP contribution in [-0.4, -0.2) is 109 Å². The zero-order chi connectivity index (χ0) is 55.2. The third kappa shape index (κ3) is 12.4. The number of aryl methyl sites for hydroxylation is 1. The van der Waals surface area contributed by atoms with E-state index in [9.17, 15) is 28.8 Å². The van der Waals surface area contributed by atoms with Gasteiger partial charge in [-0.1, -0.05) is 12.1 Å². The van der Waals surface area contributed by atoms with Crippen molar-refractivity contribution in [2.75, 3.05) is 63.7 Å². The molecule has 11 heterocycles. The number of piperidine rings is 2. The summed E-state index contributed by atoms with van der Waals surface area (Å²) < 4.78 is 40.4. The molecule has 4 atom stereocenters. The second kappa shape index (κ2) is 23.8. The van der Waals surface area contributed by atoms with Crippen molar-refractivity contribution in [3.05, 3.63) is 117 Å². The standard InChI is InChI=1S/C32H39N5O6.C7H4N2O2.C7H12N2O.C7H6N2O.2O.Pt/c1-17-12-22-23(32(4,5)43-31(22,2)3)14-19(17)13-20-8-9-24(42-20)27(39)34-25-28(40-6)35-30(36-29(25)41-7)37-11-10-18-15-33-26(38)21(18)16-37;10-6-4-1-2-8-3-5(4)7(11)9-6;2*10-7-6-1-2-8-3-5(6)4-9-7;;;/h8-9,12,14,18,21H,10-11,13,15-16H2,1-7H3,(H,33,38)(H,34,39);1-3H,(H,9,10,11);5-6,8H,1-4H2,(H,9,10);1-3H,4H2,(H,9,10);;;. The van der Waals surface area contributed by atoms with E-state index in [2.05, 4.69) is 98.6 Å². The molecular formula is C53H61N11O12Pt. The summed E-state index contributed by atoms with van der Waals surface area (Å²) in [5.41, 5.74) is 6.58. The molecule has 0 radical (unpaired) electrons. The number of furan rings is 1. The fourth-order valence-electron chi connectivity index (χ4n) is 10.6. The number of carbonyl (C=O) groups excluding carboxylic acids is 6. The summed E-state index contributed by atoms with van der Waals surface area (Å²) in [7, 11) is 2.94. The minimum absolute atomic E-state index is 0.0115. The summed E-state index contributed by atoms with van der Waals surface area (Å²) in [6.07, 6.45) is 8.62. The third-order valence-corrected chi connectivity index (χ3v) is 14.5. The second-order valence-corrected chi connectivity index (χ2v) is 20.6. The second-order valence-electron chi connectivity index (χ2n) is 20.2. The van der Waals surface area contributed by atoms with Crippen LogP contribution in [0.4, 0.5) is 11.6 Å². The Balaban J connectivity index is 0.000000182. The van der Waals surface area contributed by atoms with Gasteiger partial charge >= 0.3 is 25.3 Å². The molecule has 12 rings (SSSR count). The van der Waals surface area contributed by atoms with Crippen LogP contribution in [0.25, 0.3) is 0 Å². The predicted molar refractivity (Wildman–Crippen MR) is 270 cm³/mol. The molecule has 0 spiro atoms. The van der Waals surface area contributed by atoms with Crippen LogP contribution in [-0.2, 0) is 63.8 Å². The van der Waals surface area contributed by atoms with Gasteiger partial charge in [0, 0.05) is 93.4 Å². The van der Waals surface area contributed by atoms with Crippen molar-refractivity contribution in [2.45, 2.75) is 71.6 Å². The molecule has 4 saturated heterocycles. The number of carbonyl (C=O) groups is 6. The Labute approximate surface area is 452 Å². The van der Waals surface area contributed by atoms with E-state index in [4.69, 9.17) is 25.4 Å². The van der Waals surface area contributed by atoms with E-state index in [0.29, 0.717) is 73.2 Å². The maximum absolute atomic E-state index is 13.3. The van der Waals surface area contributed by atoms with Crippen LogP contribution in [0.15, 0.2) is 65.6 Å². The first-order valence-electron chi connectivity index (χ1n) is 25.0. The van der Waals surface area contributed by atoms with Crippen LogP contribution < -0.4 is 46.3 Å². The molecule has 410 valence electrons. The molecule has 0 aliphatic carbocycles. The van der Waals surface area contributed by atoms with E-state index >= 15 is 0 Å². The molecule has 4 fully saturated rings. The summed E-state index contributed by atoms with van der Waals surface area (Å²) in [6.45, 7) is 15.9. The minimum atomic E-state index is -1.92. The number of nitrogens with one attached hydrogen (secondary N) is 6. The van der Waals surface area contributed by atoms with Gasteiger partial charge < -0.3 is 50.1 Å². The van der Waals surface area contributed by atoms with Crippen molar-refractivity contribution in [3.63, 3.8) is 0 Å². The number of hydrogen-bond donors (Lipinski definition) is 6. The van der Waals surface area contributed by atoms with Crippen molar-refractivity contribution in [3.8, 4) is 11.8 Å². The molecule has 7 aliphatic heterocycles. The number of methoxy groups -OCH3 is 2. The van der Waals surface area contributed by atoms with E-state index in [1.165, 1.54) is 43.8 Å². The Morgan fingerprint density at radius 3 is 2.08 bits per heavy atom. The Morgan fingerprint density at radius 2 is 1.42 bits per heavy atom. The molecule has 0 saturated carbocycles. The van der Waals surface area contributed by atoms with Gasteiger partial charge in [-0.2, -0.15) is 9.97 Å². The van der Waals surface area contributed by atoms with Gasteiger partial charge in [0.1, 0.15) is 5.76 Å². The van der Waals surface area contributed by atoms with Gasteiger partial charge in [-0.25, -0.2) is 0 Å². The number of nitrogens with zero attached hydrogens (tertiary/aromatic N) is 5. The first-order valence-corrected chi connectivity index (χ1v) is 26.8. The summed E-state index contributed by atoms with van der Waals surface area (Å²) in [5, 5.41) is 16.8. The summed E-state index contributed by atoms with van der Waals surface area (Å²) in [4.78, 5) is 88.1. The van der Waals surface area contributed by atoms with E-state index < -0.39 is 30.0 Å². The molecule has 0 bridgehead atoms. The third-order valence-electron chi connectivity index (χ3n) is 14.5. The Bertz CT molecular complexity index is 3080. The van der Waals surface area contributed by atoms with Crippen LogP contribution >= 0.6 is 0 Å². The number of imide groups is 1. The zero-order valence-corrected chi connectivity index (χ0v) is 45.9. The van der Waals surface area contributed by atoms with Crippen LogP contribution in [0.1, 0.15) is 116 Å². The molecule has 77 heavy (non-hydrogen) atoms. The van der Waals surface area contributed by atoms with Gasteiger partial charge in [0.25, 0.3) is 23.6 Å². The number of aromatic nitrogens is 4. The van der Waals surface area contributed by atoms with Crippen LogP contribution in [0.3, 0.4) is 0 Å². The van der Waals surface area contributed by atoms with Crippen molar-refractivity contribution < 1.29 is 72.7 Å². The zero-order valence-electron chi connectivity index (χ0n) is 43.6. The maximum atomic E-state index is 13.3. The molecule has 5 aromatic rings. The van der Waals surface area contributed by atoms with Gasteiger partial charge in [-0.3, -0.25) is 44.1 Å². The average molecular weight is 1240 g/mol. The number of anilines is 2. The van der Waals surface area contributed by atoms with Crippen molar-refractivity contribution in [1.29, 1.82) is 0 Å². The molecule has 4 aromatic heterocycles. The fourth-order valence-corrected chi connectivity index (χ4v) is 10.6. The quantitative estimate of drug-likeness (QED) is 0.127. The molecule has 4 unspecified atom stereocenters. The number of fused-ring (bicyclic) bond motifs is 5. The van der Waals surface area contributed by atoms with Crippen LogP contribution in [0.2, 0.25) is 0 Å². The Kier molecular flexibility index (Phi) is 17.2. The number of benzene rings is 1. The average Bonchev–Trinajstić information content (AvgIpc) is 4.30. The van der Waals surface area contributed by atoms with Crippen LogP contribution in [0, 0.1) is 30.6 Å². The van der Waals surface area contributed by atoms with E-state index in [1.54, 1.807) is 24.5 Å². The monoisotopic (exact) mass is 1240 g/mol. The molecular weight excluding hydrogens is 1180 g/mol. The summed E-state index contributed by atoms with van der Waals surface area (Å²) >= 11 is -1.92. The number of ether oxygens (including phenoxy) is 3. The number of pyridine rings is 2. The predicted octanol–water partition coefficient (Wildman–Crippen LogP) is 3.70. The van der Waals surface area contributed by atoms with E-state index in [-0.39, 0.29) is 64.3 Å². The van der Waals surface area contributed by atoms with Gasteiger partial charge in [0.2, 0.25) is 29.5 Å². The number of hydrogen-bond acceptors (Lipinski definition) is 18. The molecule has 23 nitrogen and oxygen atoms in total. The fraction of sp³-hybridized carbons (Fsp3) is 0.434. The summed E-state index contributed by atoms with van der Waals surface area (Å²) in [5.74, 6) is 1.76. The first kappa shape index (κ1) is 55.7.